The molecule has 0 bridgehead atoms. The Morgan fingerprint density at radius 1 is 1.35 bits per heavy atom. The number of esters is 1. The molecule has 1 fully saturated rings. The molecule has 2 rings (SSSR count). The first-order valence-corrected chi connectivity index (χ1v) is 8.75. The van der Waals surface area contributed by atoms with Crippen LogP contribution in [0.2, 0.25) is 0 Å². The molecule has 6 heteroatoms. The van der Waals surface area contributed by atoms with E-state index in [1.54, 1.807) is 11.8 Å². The van der Waals surface area contributed by atoms with E-state index in [9.17, 15) is 9.59 Å². The molecule has 2 amide bonds. The van der Waals surface area contributed by atoms with E-state index in [0.717, 1.165) is 22.6 Å². The van der Waals surface area contributed by atoms with Crippen LogP contribution < -0.4 is 10.6 Å². The monoisotopic (exact) mass is 334 g/mol. The number of aryl methyl sites for hydroxylation is 1. The van der Waals surface area contributed by atoms with Crippen LogP contribution in [0.4, 0.5) is 4.79 Å². The number of nitrogens with one attached hydrogen (secondary N) is 2. The Balaban J connectivity index is 2.14. The van der Waals surface area contributed by atoms with E-state index in [1.165, 1.54) is 0 Å². The number of thioether (sulfide) groups is 1. The molecule has 0 radical (unpaired) electrons. The lowest BCUT2D eigenvalue weighted by atomic mass is 9.89. The van der Waals surface area contributed by atoms with Gasteiger partial charge in [0.25, 0.3) is 0 Å². The Morgan fingerprint density at radius 2 is 2.04 bits per heavy atom. The van der Waals surface area contributed by atoms with E-state index in [4.69, 9.17) is 4.74 Å². The van der Waals surface area contributed by atoms with Crippen LogP contribution in [-0.2, 0) is 9.53 Å². The minimum atomic E-state index is -0.637. The van der Waals surface area contributed by atoms with Crippen LogP contribution in [0, 0.1) is 12.8 Å². The number of benzene rings is 1. The first-order chi connectivity index (χ1) is 11.0. The van der Waals surface area contributed by atoms with Gasteiger partial charge in [-0.3, -0.25) is 4.79 Å². The summed E-state index contributed by atoms with van der Waals surface area (Å²) >= 11 is 1.71. The van der Waals surface area contributed by atoms with E-state index < -0.39 is 12.0 Å². The third-order valence-electron chi connectivity index (χ3n) is 3.64. The summed E-state index contributed by atoms with van der Waals surface area (Å²) in [7, 11) is 0. The van der Waals surface area contributed by atoms with Gasteiger partial charge in [0.15, 0.2) is 0 Å². The summed E-state index contributed by atoms with van der Waals surface area (Å²) < 4.78 is 5.35. The molecule has 2 atom stereocenters. The highest BCUT2D eigenvalue weighted by Crippen LogP contribution is 2.30. The molecule has 1 aliphatic rings. The quantitative estimate of drug-likeness (QED) is 0.620. The zero-order valence-corrected chi connectivity index (χ0v) is 14.2. The normalized spacial score (nSPS) is 20.6. The molecule has 1 saturated heterocycles. The van der Waals surface area contributed by atoms with Crippen molar-refractivity contribution < 1.29 is 14.3 Å². The van der Waals surface area contributed by atoms with Gasteiger partial charge in [-0.15, -0.1) is 0 Å². The maximum Gasteiger partial charge on any atom is 0.319 e. The third-order valence-corrected chi connectivity index (χ3v) is 4.50. The molecule has 0 spiro atoms. The lowest BCUT2D eigenvalue weighted by Crippen LogP contribution is -2.51. The standard InChI is InChI=1S/C17H22N2O3S/c1-4-23-10-9-22-16(20)14-12(3)18-17(21)19-15(14)13-7-5-11(2)6-8-13/h5-8,14-15H,3-4,9-10H2,1-2H3,(H2,18,19,21)/t14-,15+/m0/s1. The molecular formula is C17H22N2O3S. The van der Waals surface area contributed by atoms with Crippen molar-refractivity contribution in [3.05, 3.63) is 47.7 Å². The fourth-order valence-electron chi connectivity index (χ4n) is 2.45. The first kappa shape index (κ1) is 17.4. The van der Waals surface area contributed by atoms with Crippen molar-refractivity contribution in [2.24, 2.45) is 5.92 Å². The van der Waals surface area contributed by atoms with E-state index in [1.807, 2.05) is 31.2 Å². The fraction of sp³-hybridized carbons (Fsp3) is 0.412. The topological polar surface area (TPSA) is 67.4 Å². The summed E-state index contributed by atoms with van der Waals surface area (Å²) in [6.45, 7) is 8.23. The van der Waals surface area contributed by atoms with Crippen molar-refractivity contribution in [3.8, 4) is 0 Å². The Labute approximate surface area is 140 Å². The van der Waals surface area contributed by atoms with Crippen molar-refractivity contribution in [3.63, 3.8) is 0 Å². The molecule has 0 saturated carbocycles. The van der Waals surface area contributed by atoms with E-state index in [-0.39, 0.29) is 12.0 Å². The molecule has 0 aliphatic carbocycles. The number of hydrogen-bond donors (Lipinski definition) is 2. The predicted octanol–water partition coefficient (Wildman–Crippen LogP) is 2.78. The summed E-state index contributed by atoms with van der Waals surface area (Å²) in [6, 6.07) is 6.89. The molecule has 0 aromatic heterocycles. The maximum atomic E-state index is 12.4. The average molecular weight is 334 g/mol. The maximum absolute atomic E-state index is 12.4. The van der Waals surface area contributed by atoms with Crippen molar-refractivity contribution in [1.29, 1.82) is 0 Å². The smallest absolute Gasteiger partial charge is 0.319 e. The van der Waals surface area contributed by atoms with Crippen LogP contribution in [0.1, 0.15) is 24.1 Å². The third kappa shape index (κ3) is 4.51. The molecule has 1 aromatic rings. The second kappa shape index (κ2) is 8.06. The number of carbonyl (C=O) groups excluding carboxylic acids is 2. The van der Waals surface area contributed by atoms with E-state index in [2.05, 4.69) is 24.1 Å². The number of carbonyl (C=O) groups is 2. The van der Waals surface area contributed by atoms with Gasteiger partial charge in [0.1, 0.15) is 12.5 Å². The number of rotatable bonds is 6. The van der Waals surface area contributed by atoms with Crippen LogP contribution in [0.15, 0.2) is 36.5 Å². The molecule has 1 aliphatic heterocycles. The zero-order chi connectivity index (χ0) is 16.8. The molecule has 1 aromatic carbocycles. The van der Waals surface area contributed by atoms with Gasteiger partial charge in [-0.05, 0) is 18.2 Å². The molecule has 5 nitrogen and oxygen atoms in total. The number of amides is 2. The number of urea groups is 1. The average Bonchev–Trinajstić information content (AvgIpc) is 2.51. The fourth-order valence-corrected chi connectivity index (χ4v) is 2.94. The Bertz CT molecular complexity index is 586. The van der Waals surface area contributed by atoms with Crippen molar-refractivity contribution in [2.45, 2.75) is 19.9 Å². The van der Waals surface area contributed by atoms with Crippen molar-refractivity contribution in [2.75, 3.05) is 18.1 Å². The van der Waals surface area contributed by atoms with Gasteiger partial charge in [-0.1, -0.05) is 43.3 Å². The summed E-state index contributed by atoms with van der Waals surface area (Å²) in [4.78, 5) is 24.2. The Hall–Kier alpha value is -1.95. The molecule has 2 N–H and O–H groups in total. The second-order valence-corrected chi connectivity index (χ2v) is 6.75. The van der Waals surface area contributed by atoms with Crippen molar-refractivity contribution in [1.82, 2.24) is 10.6 Å². The number of ether oxygens (including phenoxy) is 1. The summed E-state index contributed by atoms with van der Waals surface area (Å²) in [5, 5.41) is 5.37. The Kier molecular flexibility index (Phi) is 6.10. The van der Waals surface area contributed by atoms with Crippen LogP contribution in [0.3, 0.4) is 0 Å². The lowest BCUT2D eigenvalue weighted by molar-refractivity contribution is -0.147. The molecule has 1 heterocycles. The highest BCUT2D eigenvalue weighted by molar-refractivity contribution is 7.99. The predicted molar refractivity (Wildman–Crippen MR) is 92.2 cm³/mol. The van der Waals surface area contributed by atoms with E-state index >= 15 is 0 Å². The van der Waals surface area contributed by atoms with Crippen LogP contribution in [0.5, 0.6) is 0 Å². The lowest BCUT2D eigenvalue weighted by Gasteiger charge is -2.33. The van der Waals surface area contributed by atoms with Crippen LogP contribution in [-0.4, -0.2) is 30.1 Å². The van der Waals surface area contributed by atoms with Gasteiger partial charge in [0.05, 0.1) is 6.04 Å². The second-order valence-electron chi connectivity index (χ2n) is 5.35. The highest BCUT2D eigenvalue weighted by atomic mass is 32.2. The molecule has 124 valence electrons. The van der Waals surface area contributed by atoms with Gasteiger partial charge in [-0.2, -0.15) is 11.8 Å². The minimum absolute atomic E-state index is 0.355. The van der Waals surface area contributed by atoms with Crippen molar-refractivity contribution >= 4 is 23.8 Å². The largest absolute Gasteiger partial charge is 0.464 e. The van der Waals surface area contributed by atoms with Gasteiger partial charge in [0.2, 0.25) is 0 Å². The summed E-state index contributed by atoms with van der Waals surface area (Å²) in [5.41, 5.74) is 2.34. The van der Waals surface area contributed by atoms with Gasteiger partial charge < -0.3 is 15.4 Å². The Morgan fingerprint density at radius 3 is 2.70 bits per heavy atom. The molecule has 23 heavy (non-hydrogen) atoms. The zero-order valence-electron chi connectivity index (χ0n) is 13.4. The SMILES string of the molecule is C=C1NC(=O)N[C@H](c2ccc(C)cc2)[C@H]1C(=O)OCCSCC. The molecule has 0 unspecified atom stereocenters. The van der Waals surface area contributed by atoms with Gasteiger partial charge >= 0.3 is 12.0 Å². The summed E-state index contributed by atoms with van der Waals surface area (Å²) in [6.07, 6.45) is 0. The van der Waals surface area contributed by atoms with Crippen LogP contribution >= 0.6 is 11.8 Å². The number of hydrogen-bond acceptors (Lipinski definition) is 4. The minimum Gasteiger partial charge on any atom is -0.464 e. The van der Waals surface area contributed by atoms with Gasteiger partial charge in [0, 0.05) is 11.4 Å². The van der Waals surface area contributed by atoms with Crippen LogP contribution in [0.25, 0.3) is 0 Å². The first-order valence-electron chi connectivity index (χ1n) is 7.60. The summed E-state index contributed by atoms with van der Waals surface area (Å²) in [5.74, 6) is 0.736. The van der Waals surface area contributed by atoms with E-state index in [0.29, 0.717) is 12.3 Å². The highest BCUT2D eigenvalue weighted by Gasteiger charge is 2.38. The molecular weight excluding hydrogens is 312 g/mol. The van der Waals surface area contributed by atoms with Gasteiger partial charge in [-0.25, -0.2) is 4.79 Å².